The van der Waals surface area contributed by atoms with Gasteiger partial charge in [0.1, 0.15) is 5.58 Å². The van der Waals surface area contributed by atoms with E-state index >= 15 is 0 Å². The van der Waals surface area contributed by atoms with Gasteiger partial charge in [-0.1, -0.05) is 11.6 Å². The molecule has 27 heavy (non-hydrogen) atoms. The lowest BCUT2D eigenvalue weighted by Crippen LogP contribution is -2.42. The van der Waals surface area contributed by atoms with E-state index in [9.17, 15) is 9.59 Å². The van der Waals surface area contributed by atoms with Crippen LogP contribution in [0, 0.1) is 12.8 Å². The molecule has 0 atom stereocenters. The van der Waals surface area contributed by atoms with Gasteiger partial charge in [-0.25, -0.2) is 4.79 Å². The van der Waals surface area contributed by atoms with Gasteiger partial charge >= 0.3 is 5.63 Å². The van der Waals surface area contributed by atoms with Gasteiger partial charge in [0.25, 0.3) is 0 Å². The maximum absolute atomic E-state index is 12.6. The van der Waals surface area contributed by atoms with Gasteiger partial charge in [0.2, 0.25) is 5.91 Å². The lowest BCUT2D eigenvalue weighted by Gasteiger charge is -2.33. The fraction of sp³-hybridized carbons (Fsp3) is 0.524. The molecule has 2 aromatic rings. The van der Waals surface area contributed by atoms with Crippen molar-refractivity contribution in [2.24, 2.45) is 5.92 Å². The van der Waals surface area contributed by atoms with Gasteiger partial charge in [0.15, 0.2) is 0 Å². The van der Waals surface area contributed by atoms with E-state index in [0.29, 0.717) is 17.2 Å². The monoisotopic (exact) mass is 390 g/mol. The van der Waals surface area contributed by atoms with Crippen LogP contribution in [0.2, 0.25) is 5.02 Å². The van der Waals surface area contributed by atoms with Gasteiger partial charge in [0.05, 0.1) is 0 Å². The number of likely N-dealkylation sites (tertiary alicyclic amines) is 1. The van der Waals surface area contributed by atoms with Crippen LogP contribution in [-0.4, -0.2) is 41.9 Å². The third-order valence-electron chi connectivity index (χ3n) is 5.52. The van der Waals surface area contributed by atoms with Gasteiger partial charge in [-0.2, -0.15) is 0 Å². The highest BCUT2D eigenvalue weighted by Gasteiger charge is 2.27. The van der Waals surface area contributed by atoms with Gasteiger partial charge in [0, 0.05) is 42.0 Å². The van der Waals surface area contributed by atoms with Crippen LogP contribution < -0.4 is 5.63 Å². The summed E-state index contributed by atoms with van der Waals surface area (Å²) in [6, 6.07) is 5.25. The minimum atomic E-state index is -0.342. The fourth-order valence-corrected chi connectivity index (χ4v) is 4.02. The number of halogens is 1. The quantitative estimate of drug-likeness (QED) is 0.728. The second kappa shape index (κ2) is 8.44. The predicted octanol–water partition coefficient (Wildman–Crippen LogP) is 3.84. The van der Waals surface area contributed by atoms with Crippen molar-refractivity contribution in [2.45, 2.75) is 40.2 Å². The smallest absolute Gasteiger partial charge is 0.336 e. The Morgan fingerprint density at radius 2 is 1.89 bits per heavy atom. The van der Waals surface area contributed by atoms with E-state index < -0.39 is 0 Å². The molecule has 1 fully saturated rings. The highest BCUT2D eigenvalue weighted by molar-refractivity contribution is 6.32. The molecule has 3 rings (SSSR count). The molecule has 5 nitrogen and oxygen atoms in total. The Morgan fingerprint density at radius 3 is 2.52 bits per heavy atom. The van der Waals surface area contributed by atoms with Crippen molar-refractivity contribution in [1.29, 1.82) is 0 Å². The van der Waals surface area contributed by atoms with Crippen LogP contribution in [0.25, 0.3) is 11.0 Å². The minimum absolute atomic E-state index is 0.107. The third-order valence-corrected chi connectivity index (χ3v) is 5.92. The number of rotatable bonds is 5. The maximum Gasteiger partial charge on any atom is 0.336 e. The van der Waals surface area contributed by atoms with E-state index in [1.165, 1.54) is 0 Å². The van der Waals surface area contributed by atoms with Crippen molar-refractivity contribution in [1.82, 2.24) is 9.80 Å². The predicted molar refractivity (Wildman–Crippen MR) is 108 cm³/mol. The molecule has 0 spiro atoms. The molecule has 1 aromatic carbocycles. The van der Waals surface area contributed by atoms with E-state index in [1.807, 2.05) is 37.8 Å². The molecule has 0 bridgehead atoms. The summed E-state index contributed by atoms with van der Waals surface area (Å²) in [5.41, 5.74) is 2.05. The Morgan fingerprint density at radius 1 is 1.22 bits per heavy atom. The zero-order valence-electron chi connectivity index (χ0n) is 16.3. The van der Waals surface area contributed by atoms with Gasteiger partial charge in [-0.15, -0.1) is 0 Å². The second-order valence-electron chi connectivity index (χ2n) is 7.25. The van der Waals surface area contributed by atoms with Gasteiger partial charge in [-0.3, -0.25) is 9.69 Å². The normalized spacial score (nSPS) is 16.0. The Balaban J connectivity index is 1.73. The lowest BCUT2D eigenvalue weighted by molar-refractivity contribution is -0.136. The number of nitrogens with zero attached hydrogens (tertiary/aromatic N) is 2. The number of benzene rings is 1. The van der Waals surface area contributed by atoms with Gasteiger partial charge in [-0.05, 0) is 70.0 Å². The summed E-state index contributed by atoms with van der Waals surface area (Å²) in [6.45, 7) is 9.83. The van der Waals surface area contributed by atoms with E-state index in [-0.39, 0.29) is 17.5 Å². The number of aryl methyl sites for hydroxylation is 1. The average Bonchev–Trinajstić information content (AvgIpc) is 2.65. The molecule has 0 aliphatic carbocycles. The van der Waals surface area contributed by atoms with E-state index in [1.54, 1.807) is 6.07 Å². The Bertz CT molecular complexity index is 881. The largest absolute Gasteiger partial charge is 0.423 e. The SMILES string of the molecule is CCN(CC)C(=O)C1CCN(Cc2cc(=O)oc3cc(C)c(Cl)cc23)CC1. The van der Waals surface area contributed by atoms with Crippen molar-refractivity contribution in [3.05, 3.63) is 44.8 Å². The first-order valence-electron chi connectivity index (χ1n) is 9.67. The summed E-state index contributed by atoms with van der Waals surface area (Å²) in [4.78, 5) is 28.7. The van der Waals surface area contributed by atoms with Crippen molar-refractivity contribution >= 4 is 28.5 Å². The highest BCUT2D eigenvalue weighted by Crippen LogP contribution is 2.27. The van der Waals surface area contributed by atoms with Crippen molar-refractivity contribution < 1.29 is 9.21 Å². The van der Waals surface area contributed by atoms with E-state index in [4.69, 9.17) is 16.0 Å². The van der Waals surface area contributed by atoms with Crippen molar-refractivity contribution in [3.8, 4) is 0 Å². The molecule has 0 unspecified atom stereocenters. The van der Waals surface area contributed by atoms with Crippen molar-refractivity contribution in [2.75, 3.05) is 26.2 Å². The number of carbonyl (C=O) groups is 1. The average molecular weight is 391 g/mol. The van der Waals surface area contributed by atoms with Crippen molar-refractivity contribution in [3.63, 3.8) is 0 Å². The molecular weight excluding hydrogens is 364 g/mol. The fourth-order valence-electron chi connectivity index (χ4n) is 3.85. The number of hydrogen-bond donors (Lipinski definition) is 0. The van der Waals surface area contributed by atoms with Crippen LogP contribution >= 0.6 is 11.6 Å². The summed E-state index contributed by atoms with van der Waals surface area (Å²) >= 11 is 6.28. The molecule has 1 saturated heterocycles. The number of hydrogen-bond acceptors (Lipinski definition) is 4. The summed E-state index contributed by atoms with van der Waals surface area (Å²) in [6.07, 6.45) is 1.71. The highest BCUT2D eigenvalue weighted by atomic mass is 35.5. The first kappa shape index (κ1) is 19.9. The first-order valence-corrected chi connectivity index (χ1v) is 10.0. The number of fused-ring (bicyclic) bond motifs is 1. The van der Waals surface area contributed by atoms with Crippen LogP contribution in [0.3, 0.4) is 0 Å². The molecule has 0 N–H and O–H groups in total. The molecule has 146 valence electrons. The number of amides is 1. The molecule has 1 aliphatic heterocycles. The first-order chi connectivity index (χ1) is 12.9. The standard InChI is InChI=1S/C21H27ClN2O3/c1-4-24(5-2)21(26)15-6-8-23(9-7-15)13-16-11-20(25)27-19-10-14(3)18(22)12-17(16)19/h10-12,15H,4-9,13H2,1-3H3. The van der Waals surface area contributed by atoms with Crippen LogP contribution in [0.5, 0.6) is 0 Å². The van der Waals surface area contributed by atoms with Crippen LogP contribution in [-0.2, 0) is 11.3 Å². The Kier molecular flexibility index (Phi) is 6.22. The molecule has 1 aromatic heterocycles. The maximum atomic E-state index is 12.6. The van der Waals surface area contributed by atoms with E-state index in [0.717, 1.165) is 55.5 Å². The zero-order chi connectivity index (χ0) is 19.6. The van der Waals surface area contributed by atoms with Gasteiger partial charge < -0.3 is 9.32 Å². The lowest BCUT2D eigenvalue weighted by atomic mass is 9.94. The molecule has 6 heteroatoms. The topological polar surface area (TPSA) is 53.8 Å². The van der Waals surface area contributed by atoms with Crippen LogP contribution in [0.15, 0.2) is 27.4 Å². The summed E-state index contributed by atoms with van der Waals surface area (Å²) in [5, 5.41) is 1.55. The van der Waals surface area contributed by atoms with Crippen LogP contribution in [0.1, 0.15) is 37.8 Å². The molecular formula is C21H27ClN2O3. The third kappa shape index (κ3) is 4.36. The number of carbonyl (C=O) groups excluding carboxylic acids is 1. The second-order valence-corrected chi connectivity index (χ2v) is 7.66. The Labute approximate surface area is 164 Å². The summed E-state index contributed by atoms with van der Waals surface area (Å²) in [5.74, 6) is 0.378. The number of piperidine rings is 1. The molecule has 2 heterocycles. The van der Waals surface area contributed by atoms with E-state index in [2.05, 4.69) is 4.90 Å². The molecule has 1 amide bonds. The summed E-state index contributed by atoms with van der Waals surface area (Å²) in [7, 11) is 0. The zero-order valence-corrected chi connectivity index (χ0v) is 17.0. The van der Waals surface area contributed by atoms with Crippen LogP contribution in [0.4, 0.5) is 0 Å². The Hall–Kier alpha value is -1.85. The summed E-state index contributed by atoms with van der Waals surface area (Å²) < 4.78 is 5.34. The minimum Gasteiger partial charge on any atom is -0.423 e. The molecule has 1 aliphatic rings. The molecule has 0 saturated carbocycles. The molecule has 0 radical (unpaired) electrons.